The summed E-state index contributed by atoms with van der Waals surface area (Å²) in [6.07, 6.45) is 0. The van der Waals surface area contributed by atoms with Crippen LogP contribution in [-0.4, -0.2) is 17.6 Å². The SMILES string of the molecule is N#C/C(C(=O)NCc1ccccc1)=C1/N=C(NC(=O)c2ccc(F)cc2)c2ccccc21. The third-order valence-electron chi connectivity index (χ3n) is 4.87. The van der Waals surface area contributed by atoms with Crippen molar-refractivity contribution < 1.29 is 14.0 Å². The molecule has 2 amide bonds. The van der Waals surface area contributed by atoms with Crippen LogP contribution in [0.1, 0.15) is 27.0 Å². The zero-order valence-electron chi connectivity index (χ0n) is 16.8. The second-order valence-corrected chi connectivity index (χ2v) is 6.97. The van der Waals surface area contributed by atoms with Gasteiger partial charge in [-0.25, -0.2) is 9.38 Å². The van der Waals surface area contributed by atoms with Gasteiger partial charge < -0.3 is 10.6 Å². The summed E-state index contributed by atoms with van der Waals surface area (Å²) in [5.74, 6) is -1.27. The van der Waals surface area contributed by atoms with E-state index in [4.69, 9.17) is 0 Å². The lowest BCUT2D eigenvalue weighted by Crippen LogP contribution is -2.30. The van der Waals surface area contributed by atoms with Gasteiger partial charge in [-0.3, -0.25) is 9.59 Å². The van der Waals surface area contributed by atoms with Gasteiger partial charge in [0.15, 0.2) is 0 Å². The maximum atomic E-state index is 13.1. The van der Waals surface area contributed by atoms with Gasteiger partial charge in [0.25, 0.3) is 11.8 Å². The second kappa shape index (κ2) is 9.06. The Morgan fingerprint density at radius 2 is 1.56 bits per heavy atom. The number of rotatable bonds is 4. The van der Waals surface area contributed by atoms with Gasteiger partial charge in [-0.2, -0.15) is 5.26 Å². The lowest BCUT2D eigenvalue weighted by molar-refractivity contribution is -0.117. The molecule has 7 heteroatoms. The number of nitrogens with one attached hydrogen (secondary N) is 2. The molecule has 0 saturated heterocycles. The van der Waals surface area contributed by atoms with E-state index in [0.717, 1.165) is 5.56 Å². The molecule has 0 atom stereocenters. The highest BCUT2D eigenvalue weighted by molar-refractivity contribution is 6.20. The van der Waals surface area contributed by atoms with Crippen LogP contribution in [0.5, 0.6) is 0 Å². The van der Waals surface area contributed by atoms with Crippen LogP contribution in [0.2, 0.25) is 0 Å². The van der Waals surface area contributed by atoms with Crippen LogP contribution in [0.3, 0.4) is 0 Å². The Morgan fingerprint density at radius 1 is 0.906 bits per heavy atom. The van der Waals surface area contributed by atoms with E-state index in [1.165, 1.54) is 24.3 Å². The van der Waals surface area contributed by atoms with E-state index < -0.39 is 17.6 Å². The minimum absolute atomic E-state index is 0.153. The third kappa shape index (κ3) is 4.30. The van der Waals surface area contributed by atoms with E-state index in [-0.39, 0.29) is 29.2 Å². The molecule has 0 aliphatic carbocycles. The smallest absolute Gasteiger partial charge is 0.264 e. The Hall–Kier alpha value is -4.57. The second-order valence-electron chi connectivity index (χ2n) is 6.97. The normalized spacial score (nSPS) is 13.4. The molecule has 3 aromatic carbocycles. The standard InChI is InChI=1S/C25H17FN4O2/c26-18-12-10-17(11-13-18)24(31)30-23-20-9-5-4-8-19(20)22(29-23)21(14-27)25(32)28-15-16-6-2-1-3-7-16/h1-13H,15H2,(H,28,32)(H,29,30,31)/b22-21-. The highest BCUT2D eigenvalue weighted by atomic mass is 19.1. The highest BCUT2D eigenvalue weighted by Gasteiger charge is 2.27. The minimum Gasteiger partial charge on any atom is -0.347 e. The van der Waals surface area contributed by atoms with Gasteiger partial charge >= 0.3 is 0 Å². The first-order valence-corrected chi connectivity index (χ1v) is 9.78. The number of nitrogens with zero attached hydrogens (tertiary/aromatic N) is 2. The topological polar surface area (TPSA) is 94.3 Å². The zero-order valence-corrected chi connectivity index (χ0v) is 16.8. The first kappa shape index (κ1) is 20.7. The fraction of sp³-hybridized carbons (Fsp3) is 0.0400. The number of aliphatic imine (C=N–C) groups is 1. The molecule has 32 heavy (non-hydrogen) atoms. The van der Waals surface area contributed by atoms with Gasteiger partial charge in [0, 0.05) is 23.2 Å². The van der Waals surface area contributed by atoms with Gasteiger partial charge in [-0.15, -0.1) is 0 Å². The van der Waals surface area contributed by atoms with E-state index in [0.29, 0.717) is 11.1 Å². The molecule has 2 N–H and O–H groups in total. The Balaban J connectivity index is 1.63. The molecular formula is C25H17FN4O2. The number of carbonyl (C=O) groups excluding carboxylic acids is 2. The zero-order chi connectivity index (χ0) is 22.5. The van der Waals surface area contributed by atoms with Crippen molar-refractivity contribution in [3.05, 3.63) is 113 Å². The summed E-state index contributed by atoms with van der Waals surface area (Å²) < 4.78 is 13.1. The predicted molar refractivity (Wildman–Crippen MR) is 118 cm³/mol. The third-order valence-corrected chi connectivity index (χ3v) is 4.87. The van der Waals surface area contributed by atoms with Crippen LogP contribution >= 0.6 is 0 Å². The van der Waals surface area contributed by atoms with Crippen molar-refractivity contribution in [1.29, 1.82) is 5.26 Å². The quantitative estimate of drug-likeness (QED) is 0.495. The molecule has 0 bridgehead atoms. The van der Waals surface area contributed by atoms with E-state index in [1.54, 1.807) is 24.3 Å². The Morgan fingerprint density at radius 3 is 2.25 bits per heavy atom. The van der Waals surface area contributed by atoms with E-state index in [9.17, 15) is 19.2 Å². The monoisotopic (exact) mass is 424 g/mol. The average molecular weight is 424 g/mol. The molecular weight excluding hydrogens is 407 g/mol. The molecule has 1 aliphatic heterocycles. The van der Waals surface area contributed by atoms with Crippen molar-refractivity contribution in [2.24, 2.45) is 4.99 Å². The first-order chi connectivity index (χ1) is 15.6. The molecule has 6 nitrogen and oxygen atoms in total. The van der Waals surface area contributed by atoms with Gasteiger partial charge in [0.2, 0.25) is 0 Å². The molecule has 1 heterocycles. The summed E-state index contributed by atoms with van der Waals surface area (Å²) in [4.78, 5) is 29.7. The summed E-state index contributed by atoms with van der Waals surface area (Å²) in [5.41, 5.74) is 2.33. The van der Waals surface area contributed by atoms with Gasteiger partial charge in [-0.1, -0.05) is 54.6 Å². The molecule has 0 aromatic heterocycles. The molecule has 0 radical (unpaired) electrons. The molecule has 0 fully saturated rings. The van der Waals surface area contributed by atoms with Crippen molar-refractivity contribution >= 4 is 23.3 Å². The number of benzene rings is 3. The molecule has 0 saturated carbocycles. The average Bonchev–Trinajstić information content (AvgIpc) is 3.17. The summed E-state index contributed by atoms with van der Waals surface area (Å²) in [6, 6.07) is 23.4. The van der Waals surface area contributed by atoms with Gasteiger partial charge in [-0.05, 0) is 29.8 Å². The van der Waals surface area contributed by atoms with Crippen LogP contribution in [0.4, 0.5) is 4.39 Å². The summed E-state index contributed by atoms with van der Waals surface area (Å²) in [7, 11) is 0. The maximum absolute atomic E-state index is 13.1. The summed E-state index contributed by atoms with van der Waals surface area (Å²) in [5, 5.41) is 15.1. The van der Waals surface area contributed by atoms with Crippen LogP contribution in [0, 0.1) is 17.1 Å². The van der Waals surface area contributed by atoms with Gasteiger partial charge in [0.05, 0.1) is 5.70 Å². The summed E-state index contributed by atoms with van der Waals surface area (Å²) in [6.45, 7) is 0.262. The number of amides is 2. The van der Waals surface area contributed by atoms with E-state index in [1.807, 2.05) is 36.4 Å². The van der Waals surface area contributed by atoms with Crippen LogP contribution in [0.15, 0.2) is 89.4 Å². The van der Waals surface area contributed by atoms with Crippen molar-refractivity contribution in [1.82, 2.24) is 10.6 Å². The Labute approximate surface area is 183 Å². The van der Waals surface area contributed by atoms with E-state index in [2.05, 4.69) is 15.6 Å². The summed E-state index contributed by atoms with van der Waals surface area (Å²) >= 11 is 0. The lowest BCUT2D eigenvalue weighted by Gasteiger charge is -2.06. The maximum Gasteiger partial charge on any atom is 0.264 e. The van der Waals surface area contributed by atoms with Crippen LogP contribution < -0.4 is 10.6 Å². The molecule has 1 aliphatic rings. The lowest BCUT2D eigenvalue weighted by atomic mass is 10.0. The van der Waals surface area contributed by atoms with E-state index >= 15 is 0 Å². The van der Waals surface area contributed by atoms with Crippen molar-refractivity contribution in [2.75, 3.05) is 0 Å². The fourth-order valence-electron chi connectivity index (χ4n) is 3.27. The van der Waals surface area contributed by atoms with Crippen molar-refractivity contribution in [3.8, 4) is 6.07 Å². The van der Waals surface area contributed by atoms with Crippen molar-refractivity contribution in [3.63, 3.8) is 0 Å². The van der Waals surface area contributed by atoms with Crippen LogP contribution in [0.25, 0.3) is 5.70 Å². The highest BCUT2D eigenvalue weighted by Crippen LogP contribution is 2.30. The fourth-order valence-corrected chi connectivity index (χ4v) is 3.27. The number of halogens is 1. The number of fused-ring (bicyclic) bond motifs is 1. The van der Waals surface area contributed by atoms with Crippen LogP contribution in [-0.2, 0) is 11.3 Å². The Bertz CT molecular complexity index is 1290. The largest absolute Gasteiger partial charge is 0.347 e. The van der Waals surface area contributed by atoms with Crippen molar-refractivity contribution in [2.45, 2.75) is 6.54 Å². The minimum atomic E-state index is -0.559. The number of hydrogen-bond donors (Lipinski definition) is 2. The molecule has 3 aromatic rings. The van der Waals surface area contributed by atoms with Gasteiger partial charge in [0.1, 0.15) is 23.3 Å². The molecule has 0 spiro atoms. The number of carbonyl (C=O) groups is 2. The molecule has 0 unspecified atom stereocenters. The number of amidine groups is 1. The Kier molecular flexibility index (Phi) is 5.86. The number of nitriles is 1. The molecule has 156 valence electrons. The predicted octanol–water partition coefficient (Wildman–Crippen LogP) is 3.57. The molecule has 4 rings (SSSR count). The first-order valence-electron chi connectivity index (χ1n) is 9.78. The number of hydrogen-bond acceptors (Lipinski definition) is 4.